The average Bonchev–Trinajstić information content (AvgIpc) is 3.29. The number of H-pyrrole nitrogens is 1. The van der Waals surface area contributed by atoms with Crippen LogP contribution >= 0.6 is 11.8 Å². The minimum Gasteiger partial charge on any atom is -0.366 e. The highest BCUT2D eigenvalue weighted by atomic mass is 32.2. The van der Waals surface area contributed by atoms with E-state index in [1.165, 1.54) is 11.8 Å². The molecule has 0 saturated carbocycles. The van der Waals surface area contributed by atoms with Crippen molar-refractivity contribution in [1.29, 1.82) is 0 Å². The number of hydrogen-bond donors (Lipinski definition) is 3. The van der Waals surface area contributed by atoms with Crippen molar-refractivity contribution in [2.24, 2.45) is 10.7 Å². The minimum atomic E-state index is -0.507. The molecule has 170 valence electrons. The van der Waals surface area contributed by atoms with Crippen molar-refractivity contribution < 1.29 is 9.59 Å². The molecule has 0 fully saturated rings. The van der Waals surface area contributed by atoms with E-state index in [0.29, 0.717) is 11.1 Å². The van der Waals surface area contributed by atoms with E-state index >= 15 is 0 Å². The number of amides is 2. The smallest absolute Gasteiger partial charge is 0.250 e. The first-order chi connectivity index (χ1) is 16.5. The zero-order chi connectivity index (χ0) is 24.1. The molecule has 2 heterocycles. The van der Waals surface area contributed by atoms with E-state index in [1.807, 2.05) is 49.4 Å². The Kier molecular flexibility index (Phi) is 6.89. The van der Waals surface area contributed by atoms with Crippen molar-refractivity contribution in [1.82, 2.24) is 9.97 Å². The number of nitrogens with two attached hydrogens (primary N) is 1. The summed E-state index contributed by atoms with van der Waals surface area (Å²) in [6.07, 6.45) is 5.01. The summed E-state index contributed by atoms with van der Waals surface area (Å²) in [5.74, 6) is -0.361. The number of aliphatic imine (C=N–C) groups is 1. The quantitative estimate of drug-likeness (QED) is 0.310. The highest BCUT2D eigenvalue weighted by Gasteiger charge is 2.17. The maximum atomic E-state index is 12.4. The number of anilines is 1. The lowest BCUT2D eigenvalue weighted by Gasteiger charge is -2.14. The Hall–Kier alpha value is -4.17. The number of nitrogens with zero attached hydrogens (tertiary/aromatic N) is 2. The third-order valence-electron chi connectivity index (χ3n) is 5.41. The van der Waals surface area contributed by atoms with Gasteiger partial charge in [-0.15, -0.1) is 11.8 Å². The predicted octanol–water partition coefficient (Wildman–Crippen LogP) is 5.15. The van der Waals surface area contributed by atoms with E-state index in [-0.39, 0.29) is 11.7 Å². The Labute approximate surface area is 201 Å². The van der Waals surface area contributed by atoms with E-state index in [2.05, 4.69) is 27.0 Å². The lowest BCUT2D eigenvalue weighted by Crippen LogP contribution is -2.14. The van der Waals surface area contributed by atoms with Crippen LogP contribution in [0.25, 0.3) is 33.3 Å². The van der Waals surface area contributed by atoms with Gasteiger partial charge in [0.05, 0.1) is 16.8 Å². The maximum absolute atomic E-state index is 12.4. The zero-order valence-electron chi connectivity index (χ0n) is 18.5. The summed E-state index contributed by atoms with van der Waals surface area (Å²) in [5, 5.41) is 5.56. The lowest BCUT2D eigenvalue weighted by atomic mass is 9.94. The molecule has 0 aliphatic heterocycles. The summed E-state index contributed by atoms with van der Waals surface area (Å²) < 4.78 is 0. The Bertz CT molecular complexity index is 1410. The van der Waals surface area contributed by atoms with Crippen LogP contribution in [0.2, 0.25) is 0 Å². The number of thioether (sulfide) groups is 1. The maximum Gasteiger partial charge on any atom is 0.250 e. The van der Waals surface area contributed by atoms with Crippen molar-refractivity contribution in [2.75, 3.05) is 11.1 Å². The molecule has 4 N–H and O–H groups in total. The molecular formula is C26H23N5O2S. The van der Waals surface area contributed by atoms with Gasteiger partial charge in [-0.25, -0.2) is 0 Å². The van der Waals surface area contributed by atoms with Crippen LogP contribution in [-0.4, -0.2) is 34.3 Å². The van der Waals surface area contributed by atoms with Gasteiger partial charge in [0.1, 0.15) is 0 Å². The van der Waals surface area contributed by atoms with Gasteiger partial charge >= 0.3 is 0 Å². The molecule has 7 nitrogen and oxygen atoms in total. The Morgan fingerprint density at radius 2 is 2.06 bits per heavy atom. The normalized spacial score (nSPS) is 11.1. The molecule has 0 saturated heterocycles. The molecule has 2 amide bonds. The minimum absolute atomic E-state index is 0.117. The van der Waals surface area contributed by atoms with Crippen LogP contribution in [0.4, 0.5) is 5.69 Å². The highest BCUT2D eigenvalue weighted by molar-refractivity contribution is 8.02. The van der Waals surface area contributed by atoms with Crippen LogP contribution in [0.5, 0.6) is 0 Å². The van der Waals surface area contributed by atoms with E-state index in [9.17, 15) is 9.59 Å². The van der Waals surface area contributed by atoms with Gasteiger partial charge in [-0.05, 0) is 66.1 Å². The van der Waals surface area contributed by atoms with Crippen LogP contribution < -0.4 is 11.1 Å². The first-order valence-corrected chi connectivity index (χ1v) is 11.5. The molecule has 4 rings (SSSR count). The van der Waals surface area contributed by atoms with Gasteiger partial charge in [-0.3, -0.25) is 19.6 Å². The second-order valence-corrected chi connectivity index (χ2v) is 8.44. The van der Waals surface area contributed by atoms with Crippen molar-refractivity contribution in [3.05, 3.63) is 83.7 Å². The fourth-order valence-corrected chi connectivity index (χ4v) is 4.29. The predicted molar refractivity (Wildman–Crippen MR) is 140 cm³/mol. The largest absolute Gasteiger partial charge is 0.366 e. The molecule has 34 heavy (non-hydrogen) atoms. The number of aromatic nitrogens is 2. The summed E-state index contributed by atoms with van der Waals surface area (Å²) in [6.45, 7) is 5.33. The Morgan fingerprint density at radius 3 is 2.79 bits per heavy atom. The molecule has 0 bridgehead atoms. The molecule has 8 heteroatoms. The molecule has 2 aromatic carbocycles. The van der Waals surface area contributed by atoms with Crippen molar-refractivity contribution >= 4 is 46.9 Å². The van der Waals surface area contributed by atoms with Crippen molar-refractivity contribution in [3.8, 4) is 22.4 Å². The topological polar surface area (TPSA) is 113 Å². The number of hydrogen-bond acceptors (Lipinski definition) is 5. The number of aromatic amines is 1. The second-order valence-electron chi connectivity index (χ2n) is 7.54. The summed E-state index contributed by atoms with van der Waals surface area (Å²) in [6, 6.07) is 15.2. The summed E-state index contributed by atoms with van der Waals surface area (Å²) in [7, 11) is 0. The molecule has 0 unspecified atom stereocenters. The number of primary amides is 1. The lowest BCUT2D eigenvalue weighted by molar-refractivity contribution is -0.113. The Morgan fingerprint density at radius 1 is 1.21 bits per heavy atom. The molecule has 0 atom stereocenters. The number of fused-ring (bicyclic) bond motifs is 1. The Balaban J connectivity index is 1.76. The van der Waals surface area contributed by atoms with Crippen LogP contribution in [0.3, 0.4) is 0 Å². The number of carbonyl (C=O) groups excluding carboxylic acids is 2. The average molecular weight is 470 g/mol. The SMILES string of the molecule is C=N/C=C\SCC(=O)Nc1cccc(-c2ccc(C(N)=O)c3[nH]c(-c4cccnc4)cc23)c1C. The first-order valence-electron chi connectivity index (χ1n) is 10.5. The number of rotatable bonds is 8. The number of pyridine rings is 1. The van der Waals surface area contributed by atoms with Crippen LogP contribution in [-0.2, 0) is 4.79 Å². The highest BCUT2D eigenvalue weighted by Crippen LogP contribution is 2.37. The van der Waals surface area contributed by atoms with Gasteiger partial charge in [0.25, 0.3) is 5.91 Å². The van der Waals surface area contributed by atoms with Gasteiger partial charge in [0, 0.05) is 40.9 Å². The van der Waals surface area contributed by atoms with Crippen LogP contribution in [0.1, 0.15) is 15.9 Å². The van der Waals surface area contributed by atoms with E-state index in [1.54, 1.807) is 30.1 Å². The zero-order valence-corrected chi connectivity index (χ0v) is 19.4. The second kappa shape index (κ2) is 10.2. The van der Waals surface area contributed by atoms with Gasteiger partial charge in [0.15, 0.2) is 0 Å². The van der Waals surface area contributed by atoms with Crippen LogP contribution in [0, 0.1) is 6.92 Å². The van der Waals surface area contributed by atoms with Gasteiger partial charge < -0.3 is 16.0 Å². The van der Waals surface area contributed by atoms with Gasteiger partial charge in [-0.2, -0.15) is 0 Å². The van der Waals surface area contributed by atoms with Crippen LogP contribution in [0.15, 0.2) is 77.5 Å². The molecular weight excluding hydrogens is 446 g/mol. The summed E-state index contributed by atoms with van der Waals surface area (Å²) >= 11 is 1.34. The van der Waals surface area contributed by atoms with E-state index in [4.69, 9.17) is 5.73 Å². The van der Waals surface area contributed by atoms with Gasteiger partial charge in [-0.1, -0.05) is 18.2 Å². The molecule has 4 aromatic rings. The van der Waals surface area contributed by atoms with Gasteiger partial charge in [0.2, 0.25) is 5.91 Å². The van der Waals surface area contributed by atoms with Crippen molar-refractivity contribution in [3.63, 3.8) is 0 Å². The number of benzene rings is 2. The monoisotopic (exact) mass is 469 g/mol. The summed E-state index contributed by atoms with van der Waals surface area (Å²) in [4.78, 5) is 35.6. The van der Waals surface area contributed by atoms with E-state index < -0.39 is 5.91 Å². The molecule has 0 radical (unpaired) electrons. The fraction of sp³-hybridized carbons (Fsp3) is 0.0769. The third-order valence-corrected chi connectivity index (χ3v) is 6.15. The standard InChI is InChI=1S/C26H23N5O2S/c1-16-18(6-3-7-22(16)30-24(32)15-34-12-11-28-2)19-8-9-20(26(27)33)25-21(19)13-23(31-25)17-5-4-10-29-14-17/h3-14,31H,2,15H2,1H3,(H2,27,33)(H,30,32)/b12-11-. The third kappa shape index (κ3) is 4.77. The number of carbonyl (C=O) groups is 2. The van der Waals surface area contributed by atoms with Crippen molar-refractivity contribution in [2.45, 2.75) is 6.92 Å². The molecule has 0 aliphatic carbocycles. The molecule has 0 spiro atoms. The summed E-state index contributed by atoms with van der Waals surface area (Å²) in [5.41, 5.74) is 12.0. The molecule has 2 aromatic heterocycles. The number of nitrogens with one attached hydrogen (secondary N) is 2. The first kappa shape index (κ1) is 23.0. The fourth-order valence-electron chi connectivity index (χ4n) is 3.80. The molecule has 0 aliphatic rings. The van der Waals surface area contributed by atoms with E-state index in [0.717, 1.165) is 39.0 Å².